The Balaban J connectivity index is 1.38. The molecule has 1 aliphatic rings. The molecule has 1 heterocycles. The van der Waals surface area contributed by atoms with Crippen molar-refractivity contribution in [2.45, 2.75) is 27.2 Å². The normalized spacial score (nSPS) is 13.9. The average molecular weight is 574 g/mol. The van der Waals surface area contributed by atoms with E-state index >= 15 is 0 Å². The first-order chi connectivity index (χ1) is 19.7. The number of carbonyl (C=O) groups is 4. The molecule has 1 saturated heterocycles. The van der Waals surface area contributed by atoms with Crippen molar-refractivity contribution in [3.63, 3.8) is 0 Å². The van der Waals surface area contributed by atoms with Crippen LogP contribution in [0.4, 0.5) is 16.2 Å². The molecular formula is C31H31N3O6S. The highest BCUT2D eigenvalue weighted by atomic mass is 32.2. The van der Waals surface area contributed by atoms with Crippen molar-refractivity contribution in [3.8, 4) is 11.5 Å². The molecule has 10 heteroatoms. The zero-order chi connectivity index (χ0) is 29.5. The maximum atomic E-state index is 13.0. The molecule has 41 heavy (non-hydrogen) atoms. The van der Waals surface area contributed by atoms with E-state index < -0.39 is 23.6 Å². The van der Waals surface area contributed by atoms with Crippen molar-refractivity contribution >= 4 is 52.2 Å². The summed E-state index contributed by atoms with van der Waals surface area (Å²) < 4.78 is 11.1. The summed E-state index contributed by atoms with van der Waals surface area (Å²) in [5.41, 5.74) is 4.87. The van der Waals surface area contributed by atoms with Crippen LogP contribution >= 0.6 is 11.8 Å². The second-order valence-corrected chi connectivity index (χ2v) is 10.4. The summed E-state index contributed by atoms with van der Waals surface area (Å²) in [6, 6.07) is 18.2. The Labute approximate surface area is 242 Å². The fourth-order valence-corrected chi connectivity index (χ4v) is 5.02. The number of nitrogens with zero attached hydrogens (tertiary/aromatic N) is 1. The molecule has 2 N–H and O–H groups in total. The molecule has 0 aromatic heterocycles. The molecule has 0 atom stereocenters. The molecule has 0 aliphatic carbocycles. The number of rotatable bonds is 10. The van der Waals surface area contributed by atoms with Gasteiger partial charge in [-0.05, 0) is 84.6 Å². The van der Waals surface area contributed by atoms with Gasteiger partial charge >= 0.3 is 0 Å². The number of nitrogens with one attached hydrogen (secondary N) is 2. The van der Waals surface area contributed by atoms with Crippen molar-refractivity contribution in [1.82, 2.24) is 4.90 Å². The number of aryl methyl sites for hydroxylation is 3. The van der Waals surface area contributed by atoms with Crippen LogP contribution in [0.2, 0.25) is 0 Å². The highest BCUT2D eigenvalue weighted by Gasteiger charge is 2.36. The molecule has 4 rings (SSSR count). The lowest BCUT2D eigenvalue weighted by atomic mass is 10.1. The first kappa shape index (κ1) is 29.4. The van der Waals surface area contributed by atoms with E-state index in [4.69, 9.17) is 9.47 Å². The van der Waals surface area contributed by atoms with Gasteiger partial charge in [-0.1, -0.05) is 43.3 Å². The summed E-state index contributed by atoms with van der Waals surface area (Å²) in [7, 11) is 1.46. The first-order valence-corrected chi connectivity index (χ1v) is 13.8. The number of anilines is 2. The molecule has 1 fully saturated rings. The minimum atomic E-state index is -0.556. The van der Waals surface area contributed by atoms with Crippen LogP contribution in [0.1, 0.15) is 29.2 Å². The predicted octanol–water partition coefficient (Wildman–Crippen LogP) is 5.57. The van der Waals surface area contributed by atoms with Crippen molar-refractivity contribution in [2.24, 2.45) is 0 Å². The molecule has 0 spiro atoms. The molecule has 0 saturated carbocycles. The third-order valence-electron chi connectivity index (χ3n) is 6.41. The van der Waals surface area contributed by atoms with Crippen LogP contribution < -0.4 is 20.1 Å². The Morgan fingerprint density at radius 2 is 1.63 bits per heavy atom. The zero-order valence-corrected chi connectivity index (χ0v) is 24.1. The number of benzene rings is 3. The van der Waals surface area contributed by atoms with Gasteiger partial charge in [0.1, 0.15) is 6.54 Å². The minimum absolute atomic E-state index is 0.180. The number of para-hydroxylation sites is 1. The average Bonchev–Trinajstić information content (AvgIpc) is 3.21. The third-order valence-corrected chi connectivity index (χ3v) is 7.32. The molecule has 0 radical (unpaired) electrons. The van der Waals surface area contributed by atoms with Crippen molar-refractivity contribution in [2.75, 3.05) is 30.9 Å². The summed E-state index contributed by atoms with van der Waals surface area (Å²) in [6.45, 7) is 5.18. The molecule has 9 nitrogen and oxygen atoms in total. The van der Waals surface area contributed by atoms with Crippen molar-refractivity contribution < 1.29 is 28.7 Å². The van der Waals surface area contributed by atoms with E-state index in [9.17, 15) is 19.2 Å². The Hall–Kier alpha value is -4.57. The van der Waals surface area contributed by atoms with Crippen molar-refractivity contribution in [1.29, 1.82) is 0 Å². The number of methoxy groups -OCH3 is 1. The number of hydrogen-bond donors (Lipinski definition) is 2. The Morgan fingerprint density at radius 3 is 2.29 bits per heavy atom. The van der Waals surface area contributed by atoms with Gasteiger partial charge in [0.25, 0.3) is 17.1 Å². The maximum Gasteiger partial charge on any atom is 0.294 e. The van der Waals surface area contributed by atoms with Gasteiger partial charge in [0.05, 0.1) is 12.0 Å². The second kappa shape index (κ2) is 13.2. The maximum absolute atomic E-state index is 13.0. The Kier molecular flexibility index (Phi) is 9.46. The lowest BCUT2D eigenvalue weighted by molar-refractivity contribution is -0.127. The third kappa shape index (κ3) is 7.34. The molecule has 3 aromatic rings. The summed E-state index contributed by atoms with van der Waals surface area (Å²) in [5.74, 6) is -0.644. The van der Waals surface area contributed by atoms with Crippen LogP contribution in [-0.2, 0) is 20.8 Å². The van der Waals surface area contributed by atoms with Gasteiger partial charge in [-0.3, -0.25) is 24.1 Å². The Bertz CT molecular complexity index is 1500. The quantitative estimate of drug-likeness (QED) is 0.305. The van der Waals surface area contributed by atoms with Gasteiger partial charge in [0.15, 0.2) is 18.1 Å². The van der Waals surface area contributed by atoms with Crippen LogP contribution in [0.3, 0.4) is 0 Å². The fourth-order valence-electron chi connectivity index (χ4n) is 4.18. The van der Waals surface area contributed by atoms with E-state index in [1.807, 2.05) is 56.3 Å². The number of ether oxygens (including phenoxy) is 2. The zero-order valence-electron chi connectivity index (χ0n) is 23.3. The summed E-state index contributed by atoms with van der Waals surface area (Å²) in [5, 5.41) is 5.06. The van der Waals surface area contributed by atoms with Gasteiger partial charge in [0, 0.05) is 11.4 Å². The van der Waals surface area contributed by atoms with E-state index in [-0.39, 0.29) is 17.4 Å². The number of carbonyl (C=O) groups excluding carboxylic acids is 4. The first-order valence-electron chi connectivity index (χ1n) is 13.0. The van der Waals surface area contributed by atoms with Gasteiger partial charge in [0.2, 0.25) is 5.91 Å². The van der Waals surface area contributed by atoms with E-state index in [0.29, 0.717) is 28.4 Å². The smallest absolute Gasteiger partial charge is 0.294 e. The van der Waals surface area contributed by atoms with Gasteiger partial charge in [-0.15, -0.1) is 0 Å². The number of imide groups is 1. The van der Waals surface area contributed by atoms with E-state index in [1.54, 1.807) is 24.3 Å². The van der Waals surface area contributed by atoms with Crippen LogP contribution in [0.25, 0.3) is 6.08 Å². The highest BCUT2D eigenvalue weighted by molar-refractivity contribution is 8.18. The number of amides is 4. The Morgan fingerprint density at radius 1 is 0.927 bits per heavy atom. The SMILES string of the molecule is CCc1ccc(NC(=O)COc2ccc(/C=C3\SC(=O)N(CC(=O)Nc4c(C)cccc4C)C3=O)cc2OC)cc1. The van der Waals surface area contributed by atoms with Crippen LogP contribution in [0, 0.1) is 13.8 Å². The molecule has 3 aromatic carbocycles. The topological polar surface area (TPSA) is 114 Å². The van der Waals surface area contributed by atoms with Crippen LogP contribution in [0.5, 0.6) is 11.5 Å². The fraction of sp³-hybridized carbons (Fsp3) is 0.226. The summed E-state index contributed by atoms with van der Waals surface area (Å²) >= 11 is 0.760. The molecule has 4 amide bonds. The van der Waals surface area contributed by atoms with Crippen LogP contribution in [-0.4, -0.2) is 48.1 Å². The van der Waals surface area contributed by atoms with Gasteiger partial charge in [-0.2, -0.15) is 0 Å². The number of hydrogen-bond acceptors (Lipinski definition) is 7. The molecular weight excluding hydrogens is 542 g/mol. The second-order valence-electron chi connectivity index (χ2n) is 9.38. The standard InChI is InChI=1S/C31H31N3O6S/c1-5-21-9-12-23(13-10-21)32-28(36)18-40-24-14-11-22(15-25(24)39-4)16-26-30(37)34(31(38)41-26)17-27(35)33-29-19(2)7-6-8-20(29)3/h6-16H,5,17-18H2,1-4H3,(H,32,36)(H,33,35)/b26-16-. The molecule has 0 unspecified atom stereocenters. The van der Waals surface area contributed by atoms with E-state index in [0.717, 1.165) is 34.2 Å². The molecule has 212 valence electrons. The summed E-state index contributed by atoms with van der Waals surface area (Å²) in [6.07, 6.45) is 2.46. The lowest BCUT2D eigenvalue weighted by Gasteiger charge is -2.15. The largest absolute Gasteiger partial charge is 0.493 e. The van der Waals surface area contributed by atoms with E-state index in [1.165, 1.54) is 12.7 Å². The van der Waals surface area contributed by atoms with Gasteiger partial charge < -0.3 is 20.1 Å². The van der Waals surface area contributed by atoms with Gasteiger partial charge in [-0.25, -0.2) is 0 Å². The number of thioether (sulfide) groups is 1. The monoisotopic (exact) mass is 573 g/mol. The highest BCUT2D eigenvalue weighted by Crippen LogP contribution is 2.34. The summed E-state index contributed by atoms with van der Waals surface area (Å²) in [4.78, 5) is 51.6. The molecule has 0 bridgehead atoms. The van der Waals surface area contributed by atoms with Crippen LogP contribution in [0.15, 0.2) is 65.6 Å². The molecule has 1 aliphatic heterocycles. The van der Waals surface area contributed by atoms with E-state index in [2.05, 4.69) is 17.6 Å². The lowest BCUT2D eigenvalue weighted by Crippen LogP contribution is -2.36. The minimum Gasteiger partial charge on any atom is -0.493 e. The van der Waals surface area contributed by atoms with Crippen molar-refractivity contribution in [3.05, 3.63) is 87.8 Å². The predicted molar refractivity (Wildman–Crippen MR) is 160 cm³/mol.